The number of amides is 1. The van der Waals surface area contributed by atoms with Gasteiger partial charge in [-0.05, 0) is 43.3 Å². The quantitative estimate of drug-likeness (QED) is 0.677. The number of carbonyl (C=O) groups excluding carboxylic acids is 1. The summed E-state index contributed by atoms with van der Waals surface area (Å²) in [5.74, 6) is 0.299. The van der Waals surface area contributed by atoms with Gasteiger partial charge in [-0.25, -0.2) is 8.42 Å². The van der Waals surface area contributed by atoms with Crippen LogP contribution in [0.5, 0.6) is 0 Å². The minimum atomic E-state index is -3.65. The second kappa shape index (κ2) is 7.74. The molecule has 2 heterocycles. The molecule has 1 aliphatic heterocycles. The van der Waals surface area contributed by atoms with E-state index in [1.165, 1.54) is 16.4 Å². The monoisotopic (exact) mass is 423 g/mol. The Hall–Kier alpha value is -2.08. The molecule has 9 nitrogen and oxygen atoms in total. The van der Waals surface area contributed by atoms with Crippen molar-refractivity contribution >= 4 is 28.1 Å². The second-order valence-electron chi connectivity index (χ2n) is 6.77. The predicted molar refractivity (Wildman–Crippen MR) is 103 cm³/mol. The van der Waals surface area contributed by atoms with Gasteiger partial charge in [0, 0.05) is 24.7 Å². The number of benzene rings is 1. The van der Waals surface area contributed by atoms with Crippen molar-refractivity contribution in [3.63, 3.8) is 0 Å². The van der Waals surface area contributed by atoms with Crippen molar-refractivity contribution in [1.29, 1.82) is 0 Å². The highest BCUT2D eigenvalue weighted by Crippen LogP contribution is 2.35. The number of hydrogen-bond donors (Lipinski definition) is 2. The van der Waals surface area contributed by atoms with E-state index in [-0.39, 0.29) is 22.9 Å². The van der Waals surface area contributed by atoms with Crippen molar-refractivity contribution in [1.82, 2.24) is 24.4 Å². The smallest absolute Gasteiger partial charge is 0.251 e. The Bertz CT molecular complexity index is 1040. The highest BCUT2D eigenvalue weighted by molar-refractivity contribution is 7.89. The molecule has 1 aromatic heterocycles. The number of sulfonamides is 1. The zero-order valence-corrected chi connectivity index (χ0v) is 16.8. The second-order valence-corrected chi connectivity index (χ2v) is 9.10. The van der Waals surface area contributed by atoms with Crippen molar-refractivity contribution in [3.8, 4) is 0 Å². The predicted octanol–water partition coefficient (Wildman–Crippen LogP) is 1.23. The van der Waals surface area contributed by atoms with Crippen LogP contribution in [0.15, 0.2) is 29.2 Å². The fourth-order valence-electron chi connectivity index (χ4n) is 3.17. The van der Waals surface area contributed by atoms with E-state index in [4.69, 9.17) is 17.0 Å². The summed E-state index contributed by atoms with van der Waals surface area (Å²) in [6, 6.07) is 6.41. The topological polar surface area (TPSA) is 109 Å². The largest absolute Gasteiger partial charge is 0.379 e. The minimum absolute atomic E-state index is 0.0997. The number of ether oxygens (including phenoxy) is 1. The average molecular weight is 424 g/mol. The van der Waals surface area contributed by atoms with E-state index in [9.17, 15) is 13.2 Å². The molecule has 0 bridgehead atoms. The highest BCUT2D eigenvalue weighted by Gasteiger charge is 2.28. The van der Waals surface area contributed by atoms with Gasteiger partial charge in [-0.15, -0.1) is 0 Å². The van der Waals surface area contributed by atoms with Gasteiger partial charge >= 0.3 is 0 Å². The number of morpholine rings is 1. The molecule has 1 saturated carbocycles. The van der Waals surface area contributed by atoms with Gasteiger partial charge in [0.25, 0.3) is 5.91 Å². The van der Waals surface area contributed by atoms with Crippen LogP contribution in [0.2, 0.25) is 0 Å². The molecule has 0 radical (unpaired) electrons. The van der Waals surface area contributed by atoms with Crippen molar-refractivity contribution in [3.05, 3.63) is 40.4 Å². The van der Waals surface area contributed by atoms with Crippen LogP contribution in [-0.2, 0) is 21.3 Å². The van der Waals surface area contributed by atoms with Crippen molar-refractivity contribution in [2.75, 3.05) is 26.3 Å². The SMILES string of the molecule is O=C(NCc1n[nH]c(=S)n1C1CC1)c1cccc(S(=O)(=O)N2CCOCC2)c1. The van der Waals surface area contributed by atoms with Crippen LogP contribution in [0, 0.1) is 4.77 Å². The molecule has 1 aliphatic carbocycles. The molecule has 11 heteroatoms. The van der Waals surface area contributed by atoms with Gasteiger partial charge in [0.05, 0.1) is 24.7 Å². The molecular weight excluding hydrogens is 402 g/mol. The first-order chi connectivity index (χ1) is 13.5. The van der Waals surface area contributed by atoms with E-state index in [0.717, 1.165) is 12.8 Å². The summed E-state index contributed by atoms with van der Waals surface area (Å²) in [7, 11) is -3.65. The van der Waals surface area contributed by atoms with Gasteiger partial charge in [0.2, 0.25) is 10.0 Å². The van der Waals surface area contributed by atoms with Crippen LogP contribution in [0.25, 0.3) is 0 Å². The molecule has 1 saturated heterocycles. The summed E-state index contributed by atoms with van der Waals surface area (Å²) in [4.78, 5) is 12.7. The third-order valence-corrected chi connectivity index (χ3v) is 6.98. The van der Waals surface area contributed by atoms with Crippen molar-refractivity contribution in [2.45, 2.75) is 30.3 Å². The number of carbonyl (C=O) groups is 1. The Morgan fingerprint density at radius 3 is 2.79 bits per heavy atom. The number of aromatic nitrogens is 3. The van der Waals surface area contributed by atoms with Crippen LogP contribution in [-0.4, -0.2) is 59.7 Å². The summed E-state index contributed by atoms with van der Waals surface area (Å²) in [5.41, 5.74) is 0.279. The van der Waals surface area contributed by atoms with E-state index in [1.807, 2.05) is 4.57 Å². The van der Waals surface area contributed by atoms with E-state index in [1.54, 1.807) is 12.1 Å². The summed E-state index contributed by atoms with van der Waals surface area (Å²) in [6.07, 6.45) is 2.10. The molecule has 1 aromatic carbocycles. The van der Waals surface area contributed by atoms with E-state index >= 15 is 0 Å². The molecule has 4 rings (SSSR count). The molecule has 2 fully saturated rings. The van der Waals surface area contributed by atoms with Crippen molar-refractivity contribution < 1.29 is 17.9 Å². The summed E-state index contributed by atoms with van der Waals surface area (Å²) < 4.78 is 34.6. The number of rotatable bonds is 6. The van der Waals surface area contributed by atoms with Gasteiger partial charge in [-0.1, -0.05) is 6.07 Å². The summed E-state index contributed by atoms with van der Waals surface area (Å²) in [6.45, 7) is 1.57. The number of nitrogens with one attached hydrogen (secondary N) is 2. The highest BCUT2D eigenvalue weighted by atomic mass is 32.2. The third-order valence-electron chi connectivity index (χ3n) is 4.80. The minimum Gasteiger partial charge on any atom is -0.379 e. The zero-order chi connectivity index (χ0) is 19.7. The van der Waals surface area contributed by atoms with Gasteiger partial charge in [-0.3, -0.25) is 14.5 Å². The Labute approximate surface area is 167 Å². The molecule has 0 spiro atoms. The van der Waals surface area contributed by atoms with Crippen LogP contribution >= 0.6 is 12.2 Å². The first kappa shape index (κ1) is 19.2. The van der Waals surface area contributed by atoms with Crippen LogP contribution in [0.3, 0.4) is 0 Å². The molecule has 2 aliphatic rings. The first-order valence-corrected chi connectivity index (χ1v) is 10.9. The molecule has 1 amide bonds. The van der Waals surface area contributed by atoms with Crippen LogP contribution < -0.4 is 5.32 Å². The Kier molecular flexibility index (Phi) is 5.32. The van der Waals surface area contributed by atoms with Gasteiger partial charge in [0.15, 0.2) is 10.6 Å². The summed E-state index contributed by atoms with van der Waals surface area (Å²) >= 11 is 5.23. The maximum Gasteiger partial charge on any atom is 0.251 e. The fraction of sp³-hybridized carbons (Fsp3) is 0.471. The normalized spacial score (nSPS) is 18.1. The fourth-order valence-corrected chi connectivity index (χ4v) is 4.92. The Balaban J connectivity index is 1.48. The number of H-pyrrole nitrogens is 1. The lowest BCUT2D eigenvalue weighted by molar-refractivity contribution is 0.0730. The summed E-state index contributed by atoms with van der Waals surface area (Å²) in [5, 5.41) is 9.73. The molecular formula is C17H21N5O4S2. The number of aromatic amines is 1. The maximum absolute atomic E-state index is 12.8. The van der Waals surface area contributed by atoms with Crippen LogP contribution in [0.1, 0.15) is 35.1 Å². The standard InChI is InChI=1S/C17H21N5O4S2/c23-16(18-11-15-19-20-17(27)22(15)13-4-5-13)12-2-1-3-14(10-12)28(24,25)21-6-8-26-9-7-21/h1-3,10,13H,4-9,11H2,(H,18,23)(H,20,27). The molecule has 0 unspecified atom stereocenters. The van der Waals surface area contributed by atoms with Gasteiger partial charge in [0.1, 0.15) is 0 Å². The number of hydrogen-bond acceptors (Lipinski definition) is 6. The van der Waals surface area contributed by atoms with Crippen LogP contribution in [0.4, 0.5) is 0 Å². The molecule has 150 valence electrons. The Morgan fingerprint density at radius 2 is 2.07 bits per heavy atom. The lowest BCUT2D eigenvalue weighted by Crippen LogP contribution is -2.40. The molecule has 2 N–H and O–H groups in total. The lowest BCUT2D eigenvalue weighted by atomic mass is 10.2. The molecule has 2 aromatic rings. The van der Waals surface area contributed by atoms with E-state index < -0.39 is 10.0 Å². The number of nitrogens with zero attached hydrogens (tertiary/aromatic N) is 3. The zero-order valence-electron chi connectivity index (χ0n) is 15.1. The average Bonchev–Trinajstić information content (AvgIpc) is 3.49. The lowest BCUT2D eigenvalue weighted by Gasteiger charge is -2.26. The maximum atomic E-state index is 12.8. The Morgan fingerprint density at radius 1 is 1.32 bits per heavy atom. The molecule has 28 heavy (non-hydrogen) atoms. The third kappa shape index (κ3) is 3.88. The van der Waals surface area contributed by atoms with Gasteiger partial charge < -0.3 is 10.1 Å². The van der Waals surface area contributed by atoms with E-state index in [2.05, 4.69) is 15.5 Å². The molecule has 0 atom stereocenters. The van der Waals surface area contributed by atoms with E-state index in [0.29, 0.717) is 42.9 Å². The van der Waals surface area contributed by atoms with Crippen molar-refractivity contribution in [2.24, 2.45) is 0 Å². The van der Waals surface area contributed by atoms with Gasteiger partial charge in [-0.2, -0.15) is 9.40 Å². The first-order valence-electron chi connectivity index (χ1n) is 9.09.